The molecule has 0 aromatic rings. The summed E-state index contributed by atoms with van der Waals surface area (Å²) in [7, 11) is 0. The Balaban J connectivity index is 1.75. The van der Waals surface area contributed by atoms with E-state index >= 15 is 0 Å². The Morgan fingerprint density at radius 1 is 0.688 bits per heavy atom. The molecule has 0 aromatic carbocycles. The fourth-order valence-corrected chi connectivity index (χ4v) is 7.86. The van der Waals surface area contributed by atoms with Gasteiger partial charge in [0.05, 0.1) is 12.0 Å². The van der Waals surface area contributed by atoms with Crippen molar-refractivity contribution in [3.8, 4) is 0 Å². The predicted molar refractivity (Wildman–Crippen MR) is 136 cm³/mol. The number of carbonyl (C=O) groups is 1. The zero-order valence-corrected chi connectivity index (χ0v) is 21.7. The van der Waals surface area contributed by atoms with Crippen LogP contribution in [0.4, 0.5) is 0 Å². The first-order chi connectivity index (χ1) is 15.7. The minimum atomic E-state index is -0.179. The molecule has 0 saturated heterocycles. The third kappa shape index (κ3) is 6.32. The van der Waals surface area contributed by atoms with Crippen LogP contribution in [0.5, 0.6) is 0 Å². The van der Waals surface area contributed by atoms with Crippen molar-refractivity contribution in [2.24, 2.45) is 22.7 Å². The lowest BCUT2D eigenvalue weighted by molar-refractivity contribution is -0.175. The zero-order valence-electron chi connectivity index (χ0n) is 21.7. The summed E-state index contributed by atoms with van der Waals surface area (Å²) in [6, 6.07) is 0. The summed E-state index contributed by atoms with van der Waals surface area (Å²) >= 11 is 0. The molecule has 0 unspecified atom stereocenters. The number of esters is 1. The van der Waals surface area contributed by atoms with Crippen molar-refractivity contribution in [3.05, 3.63) is 0 Å². The molecule has 186 valence electrons. The van der Waals surface area contributed by atoms with Gasteiger partial charge in [0.1, 0.15) is 0 Å². The van der Waals surface area contributed by atoms with Crippen LogP contribution in [0.2, 0.25) is 0 Å². The molecule has 0 radical (unpaired) electrons. The molecule has 3 fully saturated rings. The van der Waals surface area contributed by atoms with Crippen LogP contribution in [0, 0.1) is 22.7 Å². The molecule has 0 bridgehead atoms. The maximum Gasteiger partial charge on any atom is 0.312 e. The largest absolute Gasteiger partial charge is 0.465 e. The van der Waals surface area contributed by atoms with Crippen LogP contribution in [-0.2, 0) is 9.53 Å². The van der Waals surface area contributed by atoms with Crippen molar-refractivity contribution in [3.63, 3.8) is 0 Å². The number of ether oxygens (including phenoxy) is 1. The molecule has 2 heteroatoms. The van der Waals surface area contributed by atoms with Gasteiger partial charge in [-0.15, -0.1) is 0 Å². The monoisotopic (exact) mass is 446 g/mol. The molecule has 32 heavy (non-hydrogen) atoms. The van der Waals surface area contributed by atoms with Crippen molar-refractivity contribution >= 4 is 5.97 Å². The van der Waals surface area contributed by atoms with Gasteiger partial charge in [-0.2, -0.15) is 0 Å². The molecule has 2 nitrogen and oxygen atoms in total. The molecular weight excluding hydrogens is 392 g/mol. The Morgan fingerprint density at radius 3 is 1.94 bits per heavy atom. The number of unbranched alkanes of at least 4 members (excludes halogenated alkanes) is 5. The van der Waals surface area contributed by atoms with Crippen LogP contribution < -0.4 is 0 Å². The number of hydrogen-bond donors (Lipinski definition) is 0. The van der Waals surface area contributed by atoms with Gasteiger partial charge in [-0.3, -0.25) is 4.79 Å². The standard InChI is InChI=1S/C30H54O2/c1-3-5-7-8-13-20-29(23-18-27(19-24-29)26-16-11-9-12-17-26)30(21-14-10-15-22-30)28(31)32-25-6-4-2/h26-27H,3-25H2,1-2H3. The van der Waals surface area contributed by atoms with E-state index in [1.165, 1.54) is 116 Å². The smallest absolute Gasteiger partial charge is 0.312 e. The molecule has 3 aliphatic rings. The molecule has 0 atom stereocenters. The fraction of sp³-hybridized carbons (Fsp3) is 0.967. The van der Waals surface area contributed by atoms with E-state index in [9.17, 15) is 4.79 Å². The maximum absolute atomic E-state index is 13.8. The molecule has 3 saturated carbocycles. The highest BCUT2D eigenvalue weighted by molar-refractivity contribution is 5.78. The van der Waals surface area contributed by atoms with Gasteiger partial charge in [-0.25, -0.2) is 0 Å². The van der Waals surface area contributed by atoms with Gasteiger partial charge in [-0.05, 0) is 68.6 Å². The second-order valence-corrected chi connectivity index (χ2v) is 11.8. The lowest BCUT2D eigenvalue weighted by Crippen LogP contribution is -2.52. The van der Waals surface area contributed by atoms with Gasteiger partial charge < -0.3 is 4.74 Å². The summed E-state index contributed by atoms with van der Waals surface area (Å²) in [6.45, 7) is 5.13. The highest BCUT2D eigenvalue weighted by Crippen LogP contribution is 2.61. The van der Waals surface area contributed by atoms with Crippen molar-refractivity contribution in [1.29, 1.82) is 0 Å². The summed E-state index contributed by atoms with van der Waals surface area (Å²) in [5.41, 5.74) is 0.0371. The Morgan fingerprint density at radius 2 is 1.28 bits per heavy atom. The van der Waals surface area contributed by atoms with Crippen LogP contribution in [0.25, 0.3) is 0 Å². The number of carbonyl (C=O) groups excluding carboxylic acids is 1. The molecular formula is C30H54O2. The normalized spacial score (nSPS) is 29.0. The Bertz CT molecular complexity index is 519. The first-order valence-corrected chi connectivity index (χ1v) is 14.8. The summed E-state index contributed by atoms with van der Waals surface area (Å²) in [4.78, 5) is 13.8. The molecule has 0 N–H and O–H groups in total. The maximum atomic E-state index is 13.8. The quantitative estimate of drug-likeness (QED) is 0.220. The molecule has 0 aliphatic heterocycles. The van der Waals surface area contributed by atoms with Gasteiger partial charge in [-0.1, -0.05) is 104 Å². The summed E-state index contributed by atoms with van der Waals surface area (Å²) in [5, 5.41) is 0. The second-order valence-electron chi connectivity index (χ2n) is 11.8. The van der Waals surface area contributed by atoms with Crippen LogP contribution >= 0.6 is 0 Å². The molecule has 0 heterocycles. The third-order valence-electron chi connectivity index (χ3n) is 9.91. The first-order valence-electron chi connectivity index (χ1n) is 14.8. The van der Waals surface area contributed by atoms with Gasteiger partial charge in [0, 0.05) is 0 Å². The lowest BCUT2D eigenvalue weighted by Gasteiger charge is -2.55. The lowest BCUT2D eigenvalue weighted by atomic mass is 9.49. The Kier molecular flexibility index (Phi) is 10.9. The van der Waals surface area contributed by atoms with Gasteiger partial charge in [0.2, 0.25) is 0 Å². The highest BCUT2D eigenvalue weighted by Gasteiger charge is 2.57. The van der Waals surface area contributed by atoms with Crippen LogP contribution in [0.1, 0.15) is 155 Å². The van der Waals surface area contributed by atoms with Crippen molar-refractivity contribution in [1.82, 2.24) is 0 Å². The second kappa shape index (κ2) is 13.4. The Hall–Kier alpha value is -0.530. The zero-order chi connectivity index (χ0) is 22.7. The molecule has 0 spiro atoms. The van der Waals surface area contributed by atoms with Crippen LogP contribution in [-0.4, -0.2) is 12.6 Å². The minimum Gasteiger partial charge on any atom is -0.465 e. The van der Waals surface area contributed by atoms with Gasteiger partial charge >= 0.3 is 5.97 Å². The van der Waals surface area contributed by atoms with Gasteiger partial charge in [0.25, 0.3) is 0 Å². The molecule has 0 amide bonds. The van der Waals surface area contributed by atoms with E-state index in [-0.39, 0.29) is 16.8 Å². The molecule has 0 aromatic heterocycles. The number of hydrogen-bond acceptors (Lipinski definition) is 2. The third-order valence-corrected chi connectivity index (χ3v) is 9.91. The SMILES string of the molecule is CCCCCCCC1(C2(C(=O)OCCCC)CCCCC2)CCC(C2CCCCC2)CC1. The topological polar surface area (TPSA) is 26.3 Å². The van der Waals surface area contributed by atoms with Crippen molar-refractivity contribution < 1.29 is 9.53 Å². The minimum absolute atomic E-state index is 0.179. The molecule has 3 rings (SSSR count). The summed E-state index contributed by atoms with van der Waals surface area (Å²) in [6.07, 6.45) is 28.7. The fourth-order valence-electron chi connectivity index (χ4n) is 7.86. The van der Waals surface area contributed by atoms with E-state index in [1.54, 1.807) is 0 Å². The average Bonchev–Trinajstić information content (AvgIpc) is 2.85. The Labute approximate surface area is 200 Å². The van der Waals surface area contributed by atoms with Crippen LogP contribution in [0.15, 0.2) is 0 Å². The van der Waals surface area contributed by atoms with Gasteiger partial charge in [0.15, 0.2) is 0 Å². The van der Waals surface area contributed by atoms with Crippen LogP contribution in [0.3, 0.4) is 0 Å². The first kappa shape index (κ1) is 26.1. The summed E-state index contributed by atoms with van der Waals surface area (Å²) < 4.78 is 6.05. The molecule has 3 aliphatic carbocycles. The highest BCUT2D eigenvalue weighted by atomic mass is 16.5. The van der Waals surface area contributed by atoms with Crippen molar-refractivity contribution in [2.45, 2.75) is 155 Å². The van der Waals surface area contributed by atoms with E-state index in [0.717, 1.165) is 37.5 Å². The van der Waals surface area contributed by atoms with Crippen molar-refractivity contribution in [2.75, 3.05) is 6.61 Å². The average molecular weight is 447 g/mol. The van der Waals surface area contributed by atoms with E-state index in [1.807, 2.05) is 0 Å². The van der Waals surface area contributed by atoms with E-state index in [2.05, 4.69) is 13.8 Å². The van der Waals surface area contributed by atoms with E-state index in [4.69, 9.17) is 4.74 Å². The summed E-state index contributed by atoms with van der Waals surface area (Å²) in [5.74, 6) is 2.11. The van der Waals surface area contributed by atoms with E-state index in [0.29, 0.717) is 6.61 Å². The number of rotatable bonds is 12. The predicted octanol–water partition coefficient (Wildman–Crippen LogP) is 9.40. The van der Waals surface area contributed by atoms with E-state index < -0.39 is 0 Å².